The highest BCUT2D eigenvalue weighted by molar-refractivity contribution is 5.54. The van der Waals surface area contributed by atoms with E-state index in [4.69, 9.17) is 4.98 Å². The normalized spacial score (nSPS) is 18.3. The Hall–Kier alpha value is -1.56. The summed E-state index contributed by atoms with van der Waals surface area (Å²) in [6.07, 6.45) is 9.97. The zero-order valence-corrected chi connectivity index (χ0v) is 11.4. The molecule has 1 N–H and O–H groups in total. The van der Waals surface area contributed by atoms with E-state index in [0.29, 0.717) is 5.56 Å². The SMILES string of the molecule is N#Cc1cc2c(nc1NCCC1CCC1)CCCC2. The molecular formula is C16H21N3. The molecule has 0 atom stereocenters. The van der Waals surface area contributed by atoms with E-state index in [9.17, 15) is 5.26 Å². The number of rotatable bonds is 4. The Morgan fingerprint density at radius 1 is 1.26 bits per heavy atom. The second-order valence-corrected chi connectivity index (χ2v) is 5.82. The average Bonchev–Trinajstić information content (AvgIpc) is 2.40. The minimum absolute atomic E-state index is 0.717. The molecule has 0 aliphatic heterocycles. The Kier molecular flexibility index (Phi) is 3.68. The lowest BCUT2D eigenvalue weighted by Gasteiger charge is -2.25. The molecule has 3 nitrogen and oxygen atoms in total. The fourth-order valence-electron chi connectivity index (χ4n) is 3.03. The smallest absolute Gasteiger partial charge is 0.144 e. The van der Waals surface area contributed by atoms with E-state index < -0.39 is 0 Å². The Balaban J connectivity index is 1.69. The first-order chi connectivity index (χ1) is 9.36. The van der Waals surface area contributed by atoms with Crippen molar-refractivity contribution in [2.75, 3.05) is 11.9 Å². The number of pyridine rings is 1. The number of anilines is 1. The van der Waals surface area contributed by atoms with Crippen molar-refractivity contribution in [1.29, 1.82) is 5.26 Å². The molecule has 1 aromatic rings. The minimum Gasteiger partial charge on any atom is -0.369 e. The molecule has 0 aromatic carbocycles. The first-order valence-corrected chi connectivity index (χ1v) is 7.53. The van der Waals surface area contributed by atoms with E-state index in [-0.39, 0.29) is 0 Å². The van der Waals surface area contributed by atoms with Crippen molar-refractivity contribution < 1.29 is 0 Å². The number of aryl methyl sites for hydroxylation is 2. The molecule has 1 heterocycles. The van der Waals surface area contributed by atoms with Crippen molar-refractivity contribution in [2.24, 2.45) is 5.92 Å². The van der Waals surface area contributed by atoms with Crippen LogP contribution >= 0.6 is 0 Å². The third-order valence-electron chi connectivity index (χ3n) is 4.49. The highest BCUT2D eigenvalue weighted by Gasteiger charge is 2.18. The summed E-state index contributed by atoms with van der Waals surface area (Å²) in [5, 5.41) is 12.6. The van der Waals surface area contributed by atoms with Crippen LogP contribution in [0.15, 0.2) is 6.07 Å². The Morgan fingerprint density at radius 2 is 2.11 bits per heavy atom. The fourth-order valence-corrected chi connectivity index (χ4v) is 3.03. The maximum atomic E-state index is 9.26. The summed E-state index contributed by atoms with van der Waals surface area (Å²) in [6.45, 7) is 0.950. The van der Waals surface area contributed by atoms with Gasteiger partial charge < -0.3 is 5.32 Å². The van der Waals surface area contributed by atoms with Crippen molar-refractivity contribution in [1.82, 2.24) is 4.98 Å². The van der Waals surface area contributed by atoms with Gasteiger partial charge in [-0.05, 0) is 49.7 Å². The van der Waals surface area contributed by atoms with Crippen molar-refractivity contribution in [3.63, 3.8) is 0 Å². The molecule has 3 heteroatoms. The third kappa shape index (κ3) is 2.73. The summed E-state index contributed by atoms with van der Waals surface area (Å²) >= 11 is 0. The number of nitriles is 1. The highest BCUT2D eigenvalue weighted by atomic mass is 15.0. The molecule has 0 amide bonds. The lowest BCUT2D eigenvalue weighted by Crippen LogP contribution is -2.17. The molecule has 2 aliphatic carbocycles. The molecule has 3 rings (SSSR count). The predicted octanol–water partition coefficient (Wildman–Crippen LogP) is 3.43. The van der Waals surface area contributed by atoms with Crippen LogP contribution in [0, 0.1) is 17.2 Å². The first-order valence-electron chi connectivity index (χ1n) is 7.53. The van der Waals surface area contributed by atoms with Gasteiger partial charge in [-0.1, -0.05) is 19.3 Å². The molecule has 2 aliphatic rings. The van der Waals surface area contributed by atoms with Gasteiger partial charge in [0.1, 0.15) is 11.9 Å². The number of hydrogen-bond acceptors (Lipinski definition) is 3. The molecule has 0 bridgehead atoms. The van der Waals surface area contributed by atoms with E-state index >= 15 is 0 Å². The van der Waals surface area contributed by atoms with Gasteiger partial charge >= 0.3 is 0 Å². The molecule has 0 unspecified atom stereocenters. The zero-order chi connectivity index (χ0) is 13.1. The Morgan fingerprint density at radius 3 is 2.84 bits per heavy atom. The molecule has 1 fully saturated rings. The molecule has 0 radical (unpaired) electrons. The molecule has 0 saturated heterocycles. The lowest BCUT2D eigenvalue weighted by atomic mass is 9.83. The number of fused-ring (bicyclic) bond motifs is 1. The summed E-state index contributed by atoms with van der Waals surface area (Å²) in [4.78, 5) is 4.69. The van der Waals surface area contributed by atoms with Gasteiger partial charge in [-0.3, -0.25) is 0 Å². The summed E-state index contributed by atoms with van der Waals surface area (Å²) in [7, 11) is 0. The summed E-state index contributed by atoms with van der Waals surface area (Å²) in [5.74, 6) is 1.71. The van der Waals surface area contributed by atoms with Gasteiger partial charge in [0.05, 0.1) is 5.56 Å². The van der Waals surface area contributed by atoms with Crippen LogP contribution in [0.4, 0.5) is 5.82 Å². The quantitative estimate of drug-likeness (QED) is 0.896. The van der Waals surface area contributed by atoms with Gasteiger partial charge in [0, 0.05) is 12.2 Å². The fraction of sp³-hybridized carbons (Fsp3) is 0.625. The van der Waals surface area contributed by atoms with Crippen LogP contribution in [-0.4, -0.2) is 11.5 Å². The number of aromatic nitrogens is 1. The lowest BCUT2D eigenvalue weighted by molar-refractivity contribution is 0.303. The zero-order valence-electron chi connectivity index (χ0n) is 11.4. The molecule has 19 heavy (non-hydrogen) atoms. The van der Waals surface area contributed by atoms with E-state index in [2.05, 4.69) is 11.4 Å². The molecular weight excluding hydrogens is 234 g/mol. The number of hydrogen-bond donors (Lipinski definition) is 1. The van der Waals surface area contributed by atoms with Crippen LogP contribution < -0.4 is 5.32 Å². The van der Waals surface area contributed by atoms with Crippen LogP contribution in [0.5, 0.6) is 0 Å². The largest absolute Gasteiger partial charge is 0.369 e. The summed E-state index contributed by atoms with van der Waals surface area (Å²) < 4.78 is 0. The second kappa shape index (κ2) is 5.61. The predicted molar refractivity (Wildman–Crippen MR) is 76.0 cm³/mol. The topological polar surface area (TPSA) is 48.7 Å². The molecule has 1 saturated carbocycles. The number of nitrogens with one attached hydrogen (secondary N) is 1. The highest BCUT2D eigenvalue weighted by Crippen LogP contribution is 2.29. The molecule has 0 spiro atoms. The summed E-state index contributed by atoms with van der Waals surface area (Å²) in [5.41, 5.74) is 3.21. The Bertz CT molecular complexity index is 497. The maximum Gasteiger partial charge on any atom is 0.144 e. The van der Waals surface area contributed by atoms with E-state index in [1.54, 1.807) is 0 Å². The summed E-state index contributed by atoms with van der Waals surface area (Å²) in [6, 6.07) is 4.34. The maximum absolute atomic E-state index is 9.26. The van der Waals surface area contributed by atoms with Crippen LogP contribution in [0.2, 0.25) is 0 Å². The van der Waals surface area contributed by atoms with Crippen LogP contribution in [0.3, 0.4) is 0 Å². The van der Waals surface area contributed by atoms with Gasteiger partial charge in [-0.15, -0.1) is 0 Å². The van der Waals surface area contributed by atoms with Crippen molar-refractivity contribution in [3.05, 3.63) is 22.9 Å². The Labute approximate surface area is 115 Å². The standard InChI is InChI=1S/C16H21N3/c17-11-14-10-13-6-1-2-7-15(13)19-16(14)18-9-8-12-4-3-5-12/h10,12H,1-9H2,(H,18,19). The molecule has 1 aromatic heterocycles. The average molecular weight is 255 g/mol. The third-order valence-corrected chi connectivity index (χ3v) is 4.49. The van der Waals surface area contributed by atoms with Gasteiger partial charge in [-0.25, -0.2) is 4.98 Å². The van der Waals surface area contributed by atoms with Gasteiger partial charge in [0.25, 0.3) is 0 Å². The van der Waals surface area contributed by atoms with Crippen molar-refractivity contribution >= 4 is 5.82 Å². The van der Waals surface area contributed by atoms with Crippen LogP contribution in [0.1, 0.15) is 55.3 Å². The molecule has 100 valence electrons. The van der Waals surface area contributed by atoms with E-state index in [0.717, 1.165) is 31.1 Å². The minimum atomic E-state index is 0.717. The van der Waals surface area contributed by atoms with Crippen LogP contribution in [-0.2, 0) is 12.8 Å². The van der Waals surface area contributed by atoms with E-state index in [1.807, 2.05) is 6.07 Å². The monoisotopic (exact) mass is 255 g/mol. The van der Waals surface area contributed by atoms with Crippen LogP contribution in [0.25, 0.3) is 0 Å². The second-order valence-electron chi connectivity index (χ2n) is 5.82. The number of nitrogens with zero attached hydrogens (tertiary/aromatic N) is 2. The van der Waals surface area contributed by atoms with Crippen molar-refractivity contribution in [2.45, 2.75) is 51.4 Å². The van der Waals surface area contributed by atoms with Crippen molar-refractivity contribution in [3.8, 4) is 6.07 Å². The van der Waals surface area contributed by atoms with Gasteiger partial charge in [-0.2, -0.15) is 5.26 Å². The first kappa shape index (κ1) is 12.5. The van der Waals surface area contributed by atoms with E-state index in [1.165, 1.54) is 49.8 Å². The van der Waals surface area contributed by atoms with Gasteiger partial charge in [0.2, 0.25) is 0 Å². The van der Waals surface area contributed by atoms with Gasteiger partial charge in [0.15, 0.2) is 0 Å².